The van der Waals surface area contributed by atoms with Crippen LogP contribution in [0.2, 0.25) is 5.02 Å². The van der Waals surface area contributed by atoms with Crippen LogP contribution in [0.3, 0.4) is 0 Å². The van der Waals surface area contributed by atoms with Crippen molar-refractivity contribution in [3.8, 4) is 5.75 Å². The quantitative estimate of drug-likeness (QED) is 0.599. The Kier molecular flexibility index (Phi) is 6.91. The van der Waals surface area contributed by atoms with Crippen molar-refractivity contribution in [2.45, 2.75) is 77.4 Å². The van der Waals surface area contributed by atoms with E-state index in [1.54, 1.807) is 0 Å². The standard InChI is InChI=1S/C24H30B2ClNO5/c1-3-15(2)31-18-9-10-19-21(12-18)25(29)32-24(19)33-26-20-13-23(22(27)11-16(20)14-30-26)28-17-7-5-4-6-8-17/h9-13,15,17,24,28-29H,3-8,14H2,1-2H3. The van der Waals surface area contributed by atoms with Gasteiger partial charge in [-0.3, -0.25) is 0 Å². The van der Waals surface area contributed by atoms with Crippen LogP contribution in [-0.4, -0.2) is 31.4 Å². The molecule has 0 saturated heterocycles. The third-order valence-corrected chi connectivity index (χ3v) is 7.14. The number of ether oxygens (including phenoxy) is 1. The fraction of sp³-hybridized carbons (Fsp3) is 0.500. The van der Waals surface area contributed by atoms with Crippen molar-refractivity contribution in [3.05, 3.63) is 46.5 Å². The van der Waals surface area contributed by atoms with E-state index in [4.69, 9.17) is 30.3 Å². The van der Waals surface area contributed by atoms with Crippen LogP contribution in [0.25, 0.3) is 0 Å². The first-order valence-corrected chi connectivity index (χ1v) is 12.4. The van der Waals surface area contributed by atoms with Gasteiger partial charge in [-0.25, -0.2) is 0 Å². The summed E-state index contributed by atoms with van der Waals surface area (Å²) < 4.78 is 23.8. The molecule has 3 aliphatic rings. The molecule has 0 aromatic heterocycles. The van der Waals surface area contributed by atoms with Gasteiger partial charge in [0.15, 0.2) is 6.29 Å². The van der Waals surface area contributed by atoms with Gasteiger partial charge >= 0.3 is 14.2 Å². The van der Waals surface area contributed by atoms with E-state index in [9.17, 15) is 5.02 Å². The molecule has 0 radical (unpaired) electrons. The highest BCUT2D eigenvalue weighted by Gasteiger charge is 2.41. The van der Waals surface area contributed by atoms with Crippen LogP contribution >= 0.6 is 11.6 Å². The second-order valence-electron chi connectivity index (χ2n) is 9.24. The molecule has 33 heavy (non-hydrogen) atoms. The first kappa shape index (κ1) is 23.1. The van der Waals surface area contributed by atoms with Crippen molar-refractivity contribution >= 4 is 42.5 Å². The molecule has 2 unspecified atom stereocenters. The Balaban J connectivity index is 1.32. The first-order valence-electron chi connectivity index (χ1n) is 12.0. The summed E-state index contributed by atoms with van der Waals surface area (Å²) in [4.78, 5) is 0. The van der Waals surface area contributed by atoms with Gasteiger partial charge < -0.3 is 29.0 Å². The average molecular weight is 470 g/mol. The number of rotatable bonds is 7. The Morgan fingerprint density at radius 3 is 2.79 bits per heavy atom. The normalized spacial score (nSPS) is 21.2. The molecule has 2 aromatic rings. The predicted octanol–water partition coefficient (Wildman–Crippen LogP) is 3.92. The maximum atomic E-state index is 10.5. The van der Waals surface area contributed by atoms with E-state index in [0.717, 1.165) is 41.5 Å². The van der Waals surface area contributed by atoms with Gasteiger partial charge in [0.1, 0.15) is 5.75 Å². The third-order valence-electron chi connectivity index (χ3n) is 6.83. The lowest BCUT2D eigenvalue weighted by molar-refractivity contribution is -0.0168. The Labute approximate surface area is 201 Å². The summed E-state index contributed by atoms with van der Waals surface area (Å²) in [6.07, 6.45) is 6.41. The predicted molar refractivity (Wildman–Crippen MR) is 131 cm³/mol. The highest BCUT2D eigenvalue weighted by atomic mass is 35.5. The minimum Gasteiger partial charge on any atom is -0.491 e. The highest BCUT2D eigenvalue weighted by Crippen LogP contribution is 2.32. The van der Waals surface area contributed by atoms with Gasteiger partial charge in [-0.05, 0) is 66.9 Å². The molecule has 6 nitrogen and oxygen atoms in total. The summed E-state index contributed by atoms with van der Waals surface area (Å²) in [6, 6.07) is 10.1. The third kappa shape index (κ3) is 4.91. The van der Waals surface area contributed by atoms with Crippen molar-refractivity contribution in [2.24, 2.45) is 0 Å². The molecule has 2 aromatic carbocycles. The van der Waals surface area contributed by atoms with Crippen molar-refractivity contribution in [1.82, 2.24) is 0 Å². The molecule has 1 fully saturated rings. The topological polar surface area (TPSA) is 69.2 Å². The van der Waals surface area contributed by atoms with Gasteiger partial charge in [0.05, 0.1) is 23.4 Å². The van der Waals surface area contributed by atoms with Gasteiger partial charge in [0.25, 0.3) is 0 Å². The first-order chi connectivity index (χ1) is 16.0. The van der Waals surface area contributed by atoms with Gasteiger partial charge in [-0.2, -0.15) is 0 Å². The lowest BCUT2D eigenvalue weighted by atomic mass is 9.77. The summed E-state index contributed by atoms with van der Waals surface area (Å²) in [5.74, 6) is 0.710. The second kappa shape index (κ2) is 9.88. The second-order valence-corrected chi connectivity index (χ2v) is 9.64. The molecule has 9 heteroatoms. The summed E-state index contributed by atoms with van der Waals surface area (Å²) in [5.41, 5.74) is 4.32. The van der Waals surface area contributed by atoms with Crippen molar-refractivity contribution in [2.75, 3.05) is 5.32 Å². The molecule has 174 valence electrons. The number of halogens is 1. The van der Waals surface area contributed by atoms with E-state index in [2.05, 4.69) is 12.2 Å². The minimum atomic E-state index is -1.07. The van der Waals surface area contributed by atoms with Gasteiger partial charge in [-0.15, -0.1) is 0 Å². The van der Waals surface area contributed by atoms with Crippen LogP contribution in [0.5, 0.6) is 5.75 Å². The average Bonchev–Trinajstić information content (AvgIpc) is 3.34. The number of hydrogen-bond acceptors (Lipinski definition) is 6. The Morgan fingerprint density at radius 2 is 2.00 bits per heavy atom. The smallest absolute Gasteiger partial charge is 0.491 e. The molecule has 1 aliphatic carbocycles. The molecule has 5 rings (SSSR count). The van der Waals surface area contributed by atoms with Gasteiger partial charge in [0, 0.05) is 11.6 Å². The molecule has 0 amide bonds. The van der Waals surface area contributed by atoms with Crippen LogP contribution in [0, 0.1) is 0 Å². The summed E-state index contributed by atoms with van der Waals surface area (Å²) in [6.45, 7) is 4.51. The summed E-state index contributed by atoms with van der Waals surface area (Å²) in [5, 5.41) is 14.8. The van der Waals surface area contributed by atoms with Crippen LogP contribution in [0.4, 0.5) is 5.69 Å². The number of fused-ring (bicyclic) bond motifs is 2. The zero-order chi connectivity index (χ0) is 22.9. The van der Waals surface area contributed by atoms with Crippen LogP contribution < -0.4 is 21.0 Å². The molecule has 2 aliphatic heterocycles. The van der Waals surface area contributed by atoms with E-state index in [1.165, 1.54) is 19.3 Å². The van der Waals surface area contributed by atoms with Crippen LogP contribution in [-0.2, 0) is 20.6 Å². The van der Waals surface area contributed by atoms with E-state index in [0.29, 0.717) is 28.9 Å². The molecule has 2 atom stereocenters. The number of hydrogen-bond donors (Lipinski definition) is 2. The maximum Gasteiger partial charge on any atom is 0.496 e. The minimum absolute atomic E-state index is 0.0983. The lowest BCUT2D eigenvalue weighted by Gasteiger charge is -2.25. The molecular weight excluding hydrogens is 439 g/mol. The molecular formula is C24H30B2ClNO5. The van der Waals surface area contributed by atoms with Crippen LogP contribution in [0.1, 0.15) is 69.8 Å². The fourth-order valence-electron chi connectivity index (χ4n) is 4.77. The molecule has 0 spiro atoms. The monoisotopic (exact) mass is 469 g/mol. The van der Waals surface area contributed by atoms with E-state index in [-0.39, 0.29) is 6.10 Å². The Bertz CT molecular complexity index is 1000. The number of benzene rings is 2. The zero-order valence-electron chi connectivity index (χ0n) is 19.2. The SMILES string of the molecule is CCC(C)Oc1ccc2c(c1)B(O)OC2OB1OCc2cc(Cl)c(NC3CCCCC3)cc21. The lowest BCUT2D eigenvalue weighted by Crippen LogP contribution is -2.35. The number of anilines is 1. The van der Waals surface area contributed by atoms with E-state index in [1.807, 2.05) is 37.3 Å². The fourth-order valence-corrected chi connectivity index (χ4v) is 5.01. The molecule has 2 N–H and O–H groups in total. The summed E-state index contributed by atoms with van der Waals surface area (Å²) >= 11 is 6.56. The zero-order valence-corrected chi connectivity index (χ0v) is 19.9. The van der Waals surface area contributed by atoms with Crippen molar-refractivity contribution in [3.63, 3.8) is 0 Å². The summed E-state index contributed by atoms with van der Waals surface area (Å²) in [7, 11) is -1.66. The number of nitrogens with one attached hydrogen (secondary N) is 1. The Morgan fingerprint density at radius 1 is 1.18 bits per heavy atom. The maximum absolute atomic E-state index is 10.5. The highest BCUT2D eigenvalue weighted by molar-refractivity contribution is 6.64. The largest absolute Gasteiger partial charge is 0.496 e. The van der Waals surface area contributed by atoms with E-state index >= 15 is 0 Å². The Hall–Kier alpha value is -1.70. The van der Waals surface area contributed by atoms with E-state index < -0.39 is 20.5 Å². The van der Waals surface area contributed by atoms with Crippen LogP contribution in [0.15, 0.2) is 30.3 Å². The molecule has 0 bridgehead atoms. The van der Waals surface area contributed by atoms with Crippen molar-refractivity contribution in [1.29, 1.82) is 0 Å². The van der Waals surface area contributed by atoms with Gasteiger partial charge in [-0.1, -0.05) is 43.9 Å². The molecule has 1 saturated carbocycles. The van der Waals surface area contributed by atoms with Crippen molar-refractivity contribution < 1.29 is 23.7 Å². The molecule has 2 heterocycles. The van der Waals surface area contributed by atoms with Gasteiger partial charge in [0.2, 0.25) is 0 Å².